The van der Waals surface area contributed by atoms with Crippen molar-refractivity contribution in [3.05, 3.63) is 58.7 Å². The second-order valence-electron chi connectivity index (χ2n) is 6.82. The Hall–Kier alpha value is -2.16. The highest BCUT2D eigenvalue weighted by Gasteiger charge is 2.33. The third-order valence-corrected chi connectivity index (χ3v) is 6.52. The van der Waals surface area contributed by atoms with Gasteiger partial charge in [0.25, 0.3) is 5.91 Å². The molecule has 0 N–H and O–H groups in total. The molecule has 1 atom stereocenters. The number of carbonyl (C=O) groups is 1. The molecule has 1 aromatic carbocycles. The maximum absolute atomic E-state index is 12.7. The molecular formula is C19H22ClN3O4S. The van der Waals surface area contributed by atoms with E-state index in [2.05, 4.69) is 4.98 Å². The highest BCUT2D eigenvalue weighted by atomic mass is 35.5. The fraction of sp³-hybridized carbons (Fsp3) is 0.368. The molecule has 1 fully saturated rings. The highest BCUT2D eigenvalue weighted by molar-refractivity contribution is 7.88. The number of ether oxygens (including phenoxy) is 1. The van der Waals surface area contributed by atoms with E-state index in [0.29, 0.717) is 29.1 Å². The Bertz CT molecular complexity index is 948. The molecule has 1 aliphatic rings. The first-order chi connectivity index (χ1) is 13.3. The first-order valence-corrected chi connectivity index (χ1v) is 10.8. The summed E-state index contributed by atoms with van der Waals surface area (Å²) in [4.78, 5) is 17.9. The van der Waals surface area contributed by atoms with Crippen LogP contribution < -0.4 is 4.74 Å². The average Bonchev–Trinajstić information content (AvgIpc) is 3.13. The van der Waals surface area contributed by atoms with Gasteiger partial charge in [0.15, 0.2) is 0 Å². The zero-order chi connectivity index (χ0) is 20.3. The summed E-state index contributed by atoms with van der Waals surface area (Å²) in [7, 11) is -0.171. The molecule has 0 aliphatic carbocycles. The lowest BCUT2D eigenvalue weighted by molar-refractivity contribution is 0.0818. The van der Waals surface area contributed by atoms with E-state index in [4.69, 9.17) is 16.3 Å². The van der Waals surface area contributed by atoms with Crippen LogP contribution in [-0.4, -0.2) is 61.8 Å². The number of benzene rings is 1. The number of aromatic nitrogens is 1. The number of halogens is 1. The second kappa shape index (κ2) is 8.46. The lowest BCUT2D eigenvalue weighted by Gasteiger charge is -2.18. The number of rotatable bonds is 6. The van der Waals surface area contributed by atoms with Crippen molar-refractivity contribution in [2.75, 3.05) is 27.2 Å². The molecule has 1 unspecified atom stereocenters. The minimum Gasteiger partial charge on any atom is -0.472 e. The van der Waals surface area contributed by atoms with Crippen LogP contribution in [0.3, 0.4) is 0 Å². The van der Waals surface area contributed by atoms with E-state index in [1.54, 1.807) is 56.7 Å². The van der Waals surface area contributed by atoms with Gasteiger partial charge in [0.1, 0.15) is 11.7 Å². The number of nitrogens with zero attached hydrogens (tertiary/aromatic N) is 3. The van der Waals surface area contributed by atoms with Gasteiger partial charge in [-0.25, -0.2) is 13.4 Å². The summed E-state index contributed by atoms with van der Waals surface area (Å²) in [5, 5.41) is 0.564. The molecule has 3 rings (SSSR count). The van der Waals surface area contributed by atoms with Crippen LogP contribution in [0.4, 0.5) is 0 Å². The lowest BCUT2D eigenvalue weighted by Crippen LogP contribution is -2.32. The Morgan fingerprint density at radius 2 is 2.00 bits per heavy atom. The Morgan fingerprint density at radius 3 is 2.68 bits per heavy atom. The molecule has 28 heavy (non-hydrogen) atoms. The largest absolute Gasteiger partial charge is 0.472 e. The summed E-state index contributed by atoms with van der Waals surface area (Å²) < 4.78 is 32.7. The molecule has 2 aromatic rings. The SMILES string of the molecule is CN(C)C(=O)c1cccnc1OC1CCN(S(=O)(=O)Cc2ccc(Cl)cc2)C1. The molecule has 0 spiro atoms. The monoisotopic (exact) mass is 423 g/mol. The van der Waals surface area contributed by atoms with Crippen LogP contribution in [0, 0.1) is 0 Å². The number of amides is 1. The van der Waals surface area contributed by atoms with E-state index < -0.39 is 10.0 Å². The van der Waals surface area contributed by atoms with Crippen molar-refractivity contribution in [3.63, 3.8) is 0 Å². The standard InChI is InChI=1S/C19H22ClN3O4S/c1-22(2)19(24)17-4-3-10-21-18(17)27-16-9-11-23(12-16)28(25,26)13-14-5-7-15(20)8-6-14/h3-8,10,16H,9,11-13H2,1-2H3. The molecule has 0 bridgehead atoms. The normalized spacial score (nSPS) is 17.5. The van der Waals surface area contributed by atoms with Gasteiger partial charge in [-0.2, -0.15) is 4.31 Å². The van der Waals surface area contributed by atoms with Gasteiger partial charge < -0.3 is 9.64 Å². The highest BCUT2D eigenvalue weighted by Crippen LogP contribution is 2.24. The molecule has 1 aliphatic heterocycles. The van der Waals surface area contributed by atoms with E-state index in [1.807, 2.05) is 0 Å². The molecule has 1 amide bonds. The van der Waals surface area contributed by atoms with Crippen molar-refractivity contribution in [1.82, 2.24) is 14.2 Å². The Balaban J connectivity index is 1.67. The molecule has 150 valence electrons. The molecular weight excluding hydrogens is 402 g/mol. The van der Waals surface area contributed by atoms with Gasteiger partial charge in [0, 0.05) is 31.9 Å². The van der Waals surface area contributed by atoms with Crippen LogP contribution in [-0.2, 0) is 15.8 Å². The van der Waals surface area contributed by atoms with Crippen LogP contribution >= 0.6 is 11.6 Å². The van der Waals surface area contributed by atoms with Crippen molar-refractivity contribution in [1.29, 1.82) is 0 Å². The van der Waals surface area contributed by atoms with Crippen molar-refractivity contribution in [3.8, 4) is 5.88 Å². The predicted molar refractivity (Wildman–Crippen MR) is 107 cm³/mol. The number of hydrogen-bond acceptors (Lipinski definition) is 5. The first-order valence-electron chi connectivity index (χ1n) is 8.82. The van der Waals surface area contributed by atoms with Gasteiger partial charge in [-0.1, -0.05) is 23.7 Å². The summed E-state index contributed by atoms with van der Waals surface area (Å²) in [6, 6.07) is 10.1. The van der Waals surface area contributed by atoms with E-state index in [-0.39, 0.29) is 30.2 Å². The quantitative estimate of drug-likeness (QED) is 0.712. The van der Waals surface area contributed by atoms with Crippen LogP contribution in [0.25, 0.3) is 0 Å². The van der Waals surface area contributed by atoms with Crippen LogP contribution in [0.2, 0.25) is 5.02 Å². The Kier molecular flexibility index (Phi) is 6.22. The topological polar surface area (TPSA) is 79.8 Å². The molecule has 2 heterocycles. The average molecular weight is 424 g/mol. The van der Waals surface area contributed by atoms with Crippen molar-refractivity contribution >= 4 is 27.5 Å². The molecule has 0 saturated carbocycles. The molecule has 1 aromatic heterocycles. The zero-order valence-electron chi connectivity index (χ0n) is 15.7. The van der Waals surface area contributed by atoms with E-state index >= 15 is 0 Å². The van der Waals surface area contributed by atoms with Crippen LogP contribution in [0.15, 0.2) is 42.6 Å². The van der Waals surface area contributed by atoms with Gasteiger partial charge >= 0.3 is 0 Å². The number of carbonyl (C=O) groups excluding carboxylic acids is 1. The number of sulfonamides is 1. The fourth-order valence-corrected chi connectivity index (χ4v) is 4.67. The third kappa shape index (κ3) is 4.81. The van der Waals surface area contributed by atoms with E-state index in [0.717, 1.165) is 0 Å². The zero-order valence-corrected chi connectivity index (χ0v) is 17.3. The van der Waals surface area contributed by atoms with E-state index in [9.17, 15) is 13.2 Å². The van der Waals surface area contributed by atoms with Crippen molar-refractivity contribution in [2.24, 2.45) is 0 Å². The summed E-state index contributed by atoms with van der Waals surface area (Å²) in [6.07, 6.45) is 1.72. The number of pyridine rings is 1. The minimum atomic E-state index is -3.48. The minimum absolute atomic E-state index is 0.0924. The van der Waals surface area contributed by atoms with Gasteiger partial charge in [-0.15, -0.1) is 0 Å². The summed E-state index contributed by atoms with van der Waals surface area (Å²) in [5.74, 6) is -0.0818. The van der Waals surface area contributed by atoms with E-state index in [1.165, 1.54) is 9.21 Å². The molecule has 9 heteroatoms. The van der Waals surface area contributed by atoms with Gasteiger partial charge in [0.05, 0.1) is 12.3 Å². The predicted octanol–water partition coefficient (Wildman–Crippen LogP) is 2.42. The smallest absolute Gasteiger partial charge is 0.258 e. The van der Waals surface area contributed by atoms with Crippen LogP contribution in [0.1, 0.15) is 22.3 Å². The van der Waals surface area contributed by atoms with Crippen LogP contribution in [0.5, 0.6) is 5.88 Å². The second-order valence-corrected chi connectivity index (χ2v) is 9.23. The maximum atomic E-state index is 12.7. The molecule has 1 saturated heterocycles. The van der Waals surface area contributed by atoms with Gasteiger partial charge in [0.2, 0.25) is 15.9 Å². The molecule has 0 radical (unpaired) electrons. The Morgan fingerprint density at radius 1 is 1.29 bits per heavy atom. The first kappa shape index (κ1) is 20.6. The molecule has 7 nitrogen and oxygen atoms in total. The summed E-state index contributed by atoms with van der Waals surface area (Å²) in [5.41, 5.74) is 1.03. The Labute approximate surface area is 169 Å². The van der Waals surface area contributed by atoms with Crippen molar-refractivity contribution < 1.29 is 17.9 Å². The summed E-state index contributed by atoms with van der Waals surface area (Å²) >= 11 is 5.85. The third-order valence-electron chi connectivity index (χ3n) is 4.45. The maximum Gasteiger partial charge on any atom is 0.258 e. The van der Waals surface area contributed by atoms with Gasteiger partial charge in [-0.05, 0) is 36.2 Å². The van der Waals surface area contributed by atoms with Gasteiger partial charge in [-0.3, -0.25) is 4.79 Å². The lowest BCUT2D eigenvalue weighted by atomic mass is 10.2. The van der Waals surface area contributed by atoms with Crippen molar-refractivity contribution in [2.45, 2.75) is 18.3 Å². The fourth-order valence-electron chi connectivity index (χ4n) is 2.98. The summed E-state index contributed by atoms with van der Waals surface area (Å²) in [6.45, 7) is 0.590. The number of hydrogen-bond donors (Lipinski definition) is 0.